The van der Waals surface area contributed by atoms with Gasteiger partial charge in [-0.05, 0) is 44.6 Å². The molecule has 0 bridgehead atoms. The maximum Gasteiger partial charge on any atom is 0.306 e. The van der Waals surface area contributed by atoms with Crippen molar-refractivity contribution < 1.29 is 18.3 Å². The van der Waals surface area contributed by atoms with Crippen molar-refractivity contribution in [3.8, 4) is 0 Å². The second-order valence-corrected chi connectivity index (χ2v) is 9.04. The first-order valence-corrected chi connectivity index (χ1v) is 9.98. The number of carboxylic acids is 1. The van der Waals surface area contributed by atoms with Gasteiger partial charge < -0.3 is 10.4 Å². The van der Waals surface area contributed by atoms with Gasteiger partial charge in [0.15, 0.2) is 0 Å². The summed E-state index contributed by atoms with van der Waals surface area (Å²) < 4.78 is 23.3. The molecule has 2 fully saturated rings. The highest BCUT2D eigenvalue weighted by Crippen LogP contribution is 2.30. The summed E-state index contributed by atoms with van der Waals surface area (Å²) in [6.07, 6.45) is 8.53. The fourth-order valence-electron chi connectivity index (χ4n) is 3.81. The number of carboxylic acid groups (broad SMARTS) is 1. The Kier molecular flexibility index (Phi) is 5.66. The van der Waals surface area contributed by atoms with Crippen LogP contribution in [0.25, 0.3) is 0 Å². The third-order valence-electron chi connectivity index (χ3n) is 5.13. The predicted octanol–water partition coefficient (Wildman–Crippen LogP) is 1.82. The molecule has 5 nitrogen and oxygen atoms in total. The van der Waals surface area contributed by atoms with Crippen molar-refractivity contribution in [2.24, 2.45) is 11.8 Å². The Bertz CT molecular complexity index is 462. The summed E-state index contributed by atoms with van der Waals surface area (Å²) in [6.45, 7) is 0.706. The van der Waals surface area contributed by atoms with E-state index in [9.17, 15) is 18.3 Å². The molecule has 0 aromatic carbocycles. The summed E-state index contributed by atoms with van der Waals surface area (Å²) in [4.78, 5) is 11.3. The Hall–Kier alpha value is -0.620. The molecule has 0 aromatic rings. The molecule has 0 saturated heterocycles. The highest BCUT2D eigenvalue weighted by Gasteiger charge is 2.33. The minimum absolute atomic E-state index is 0.190. The van der Waals surface area contributed by atoms with Gasteiger partial charge in [-0.25, -0.2) is 8.42 Å². The highest BCUT2D eigenvalue weighted by atomic mass is 32.2. The molecule has 0 spiro atoms. The Morgan fingerprint density at radius 3 is 2.52 bits per heavy atom. The summed E-state index contributed by atoms with van der Waals surface area (Å²) in [7, 11) is -2.96. The van der Waals surface area contributed by atoms with Crippen LogP contribution in [-0.2, 0) is 14.6 Å². The Morgan fingerprint density at radius 2 is 1.86 bits per heavy atom. The maximum absolute atomic E-state index is 11.7. The van der Waals surface area contributed by atoms with Gasteiger partial charge in [-0.1, -0.05) is 19.3 Å². The van der Waals surface area contributed by atoms with E-state index in [0.717, 1.165) is 44.9 Å². The lowest BCUT2D eigenvalue weighted by Gasteiger charge is -2.33. The first-order valence-electron chi connectivity index (χ1n) is 8.03. The van der Waals surface area contributed by atoms with Crippen molar-refractivity contribution in [3.05, 3.63) is 0 Å². The summed E-state index contributed by atoms with van der Waals surface area (Å²) in [5.74, 6) is -0.727. The van der Waals surface area contributed by atoms with E-state index in [1.54, 1.807) is 0 Å². The number of aliphatic carboxylic acids is 1. The van der Waals surface area contributed by atoms with Crippen molar-refractivity contribution >= 4 is 15.8 Å². The van der Waals surface area contributed by atoms with Crippen LogP contribution in [-0.4, -0.2) is 43.6 Å². The molecule has 4 unspecified atom stereocenters. The Morgan fingerprint density at radius 1 is 1.14 bits per heavy atom. The molecule has 6 heteroatoms. The van der Waals surface area contributed by atoms with E-state index in [2.05, 4.69) is 5.32 Å². The number of sulfone groups is 1. The minimum Gasteiger partial charge on any atom is -0.481 e. The quantitative estimate of drug-likeness (QED) is 0.808. The van der Waals surface area contributed by atoms with Crippen LogP contribution < -0.4 is 5.32 Å². The molecule has 0 heterocycles. The minimum atomic E-state index is -2.96. The molecule has 4 atom stereocenters. The average Bonchev–Trinajstić information content (AvgIpc) is 2.45. The second-order valence-electron chi connectivity index (χ2n) is 6.71. The first-order chi connectivity index (χ1) is 9.88. The lowest BCUT2D eigenvalue weighted by atomic mass is 9.79. The summed E-state index contributed by atoms with van der Waals surface area (Å²) in [5.41, 5.74) is 0. The van der Waals surface area contributed by atoms with Gasteiger partial charge in [0.2, 0.25) is 0 Å². The molecule has 0 radical (unpaired) electrons. The molecule has 2 saturated carbocycles. The maximum atomic E-state index is 11.7. The third-order valence-corrected chi connectivity index (χ3v) is 6.77. The van der Waals surface area contributed by atoms with Gasteiger partial charge in [-0.15, -0.1) is 0 Å². The van der Waals surface area contributed by atoms with Gasteiger partial charge in [0.05, 0.1) is 11.2 Å². The summed E-state index contributed by atoms with van der Waals surface area (Å²) >= 11 is 0. The van der Waals surface area contributed by atoms with Crippen molar-refractivity contribution in [2.45, 2.75) is 62.7 Å². The van der Waals surface area contributed by atoms with Crippen LogP contribution in [0.4, 0.5) is 0 Å². The van der Waals surface area contributed by atoms with E-state index >= 15 is 0 Å². The standard InChI is InChI=1S/C15H27NO4S/c1-21(19,20)13-7-4-6-12(9-13)16-10-11-5-2-3-8-14(11)15(17)18/h11-14,16H,2-10H2,1H3,(H,17,18). The Labute approximate surface area is 127 Å². The summed E-state index contributed by atoms with van der Waals surface area (Å²) in [6, 6.07) is 0.217. The van der Waals surface area contributed by atoms with Gasteiger partial charge in [0.1, 0.15) is 9.84 Å². The van der Waals surface area contributed by atoms with Gasteiger partial charge in [-0.3, -0.25) is 4.79 Å². The van der Waals surface area contributed by atoms with Gasteiger partial charge >= 0.3 is 5.97 Å². The van der Waals surface area contributed by atoms with Gasteiger partial charge in [0, 0.05) is 12.3 Å². The normalized spacial score (nSPS) is 34.5. The van der Waals surface area contributed by atoms with Crippen LogP contribution in [0.2, 0.25) is 0 Å². The van der Waals surface area contributed by atoms with Crippen molar-refractivity contribution in [3.63, 3.8) is 0 Å². The monoisotopic (exact) mass is 317 g/mol. The number of rotatable bonds is 5. The van der Waals surface area contributed by atoms with Gasteiger partial charge in [0.25, 0.3) is 0 Å². The van der Waals surface area contributed by atoms with E-state index in [0.29, 0.717) is 13.0 Å². The van der Waals surface area contributed by atoms with Crippen LogP contribution in [0.1, 0.15) is 51.4 Å². The number of hydrogen-bond acceptors (Lipinski definition) is 4. The lowest BCUT2D eigenvalue weighted by Crippen LogP contribution is -2.43. The van der Waals surface area contributed by atoms with Gasteiger partial charge in [-0.2, -0.15) is 0 Å². The van der Waals surface area contributed by atoms with Crippen molar-refractivity contribution in [2.75, 3.05) is 12.8 Å². The molecule has 2 N–H and O–H groups in total. The lowest BCUT2D eigenvalue weighted by molar-refractivity contribution is -0.144. The summed E-state index contributed by atoms with van der Waals surface area (Å²) in [5, 5.41) is 12.5. The molecular formula is C15H27NO4S. The van der Waals surface area contributed by atoms with E-state index in [-0.39, 0.29) is 23.1 Å². The van der Waals surface area contributed by atoms with Crippen LogP contribution in [0.5, 0.6) is 0 Å². The van der Waals surface area contributed by atoms with E-state index in [4.69, 9.17) is 0 Å². The van der Waals surface area contributed by atoms with E-state index in [1.807, 2.05) is 0 Å². The molecule has 2 aliphatic carbocycles. The van der Waals surface area contributed by atoms with Crippen molar-refractivity contribution in [1.29, 1.82) is 0 Å². The van der Waals surface area contributed by atoms with Crippen LogP contribution in [0, 0.1) is 11.8 Å². The molecule has 0 aromatic heterocycles. The molecule has 122 valence electrons. The van der Waals surface area contributed by atoms with E-state index < -0.39 is 15.8 Å². The van der Waals surface area contributed by atoms with Crippen molar-refractivity contribution in [1.82, 2.24) is 5.32 Å². The number of hydrogen-bond donors (Lipinski definition) is 2. The van der Waals surface area contributed by atoms with Crippen LogP contribution in [0.15, 0.2) is 0 Å². The van der Waals surface area contributed by atoms with Crippen LogP contribution >= 0.6 is 0 Å². The fraction of sp³-hybridized carbons (Fsp3) is 0.933. The second kappa shape index (κ2) is 7.09. The van der Waals surface area contributed by atoms with Crippen LogP contribution in [0.3, 0.4) is 0 Å². The Balaban J connectivity index is 1.85. The number of nitrogens with one attached hydrogen (secondary N) is 1. The topological polar surface area (TPSA) is 83.5 Å². The first kappa shape index (κ1) is 16.7. The highest BCUT2D eigenvalue weighted by molar-refractivity contribution is 7.91. The molecule has 2 aliphatic rings. The molecule has 0 aliphatic heterocycles. The molecule has 0 amide bonds. The van der Waals surface area contributed by atoms with E-state index in [1.165, 1.54) is 6.26 Å². The molecular weight excluding hydrogens is 290 g/mol. The fourth-order valence-corrected chi connectivity index (χ4v) is 4.99. The molecule has 21 heavy (non-hydrogen) atoms. The third kappa shape index (κ3) is 4.68. The molecule has 2 rings (SSSR count). The average molecular weight is 317 g/mol. The zero-order valence-corrected chi connectivity index (χ0v) is 13.6. The zero-order valence-electron chi connectivity index (χ0n) is 12.8. The zero-order chi connectivity index (χ0) is 15.5. The SMILES string of the molecule is CS(=O)(=O)C1CCCC(NCC2CCCCC2C(=O)O)C1. The smallest absolute Gasteiger partial charge is 0.306 e. The number of carbonyl (C=O) groups is 1. The predicted molar refractivity (Wildman–Crippen MR) is 82.0 cm³/mol. The largest absolute Gasteiger partial charge is 0.481 e.